The zero-order chi connectivity index (χ0) is 14.8. The first kappa shape index (κ1) is 14.6. The van der Waals surface area contributed by atoms with Crippen LogP contribution in [0.25, 0.3) is 0 Å². The van der Waals surface area contributed by atoms with Crippen LogP contribution in [0.1, 0.15) is 5.69 Å². The SMILES string of the molecule is CN(C)S(=O)(=O)c1ccc(NCc2cccn2C)cc1. The Labute approximate surface area is 119 Å². The van der Waals surface area contributed by atoms with Crippen LogP contribution in [0, 0.1) is 0 Å². The number of nitrogens with zero attached hydrogens (tertiary/aromatic N) is 2. The predicted molar refractivity (Wildman–Crippen MR) is 80.1 cm³/mol. The van der Waals surface area contributed by atoms with Gasteiger partial charge in [-0.3, -0.25) is 0 Å². The Morgan fingerprint density at radius 1 is 1.15 bits per heavy atom. The summed E-state index contributed by atoms with van der Waals surface area (Å²) in [5.41, 5.74) is 2.05. The first-order chi connectivity index (χ1) is 9.41. The maximum atomic E-state index is 11.9. The van der Waals surface area contributed by atoms with Gasteiger partial charge < -0.3 is 9.88 Å². The van der Waals surface area contributed by atoms with Crippen molar-refractivity contribution in [3.8, 4) is 0 Å². The van der Waals surface area contributed by atoms with E-state index in [4.69, 9.17) is 0 Å². The van der Waals surface area contributed by atoms with Gasteiger partial charge in [-0.25, -0.2) is 12.7 Å². The number of nitrogens with one attached hydrogen (secondary N) is 1. The molecular formula is C14H19N3O2S. The molecular weight excluding hydrogens is 274 g/mol. The van der Waals surface area contributed by atoms with Crippen molar-refractivity contribution in [3.05, 3.63) is 48.3 Å². The molecule has 1 aromatic carbocycles. The molecule has 0 unspecified atom stereocenters. The van der Waals surface area contributed by atoms with Crippen LogP contribution in [-0.4, -0.2) is 31.4 Å². The second-order valence-corrected chi connectivity index (χ2v) is 6.93. The standard InChI is InChI=1S/C14H19N3O2S/c1-16(2)20(18,19)14-8-6-12(7-9-14)15-11-13-5-4-10-17(13)3/h4-10,15H,11H2,1-3H3. The molecule has 0 aliphatic heterocycles. The molecule has 0 bridgehead atoms. The van der Waals surface area contributed by atoms with Crippen molar-refractivity contribution in [1.82, 2.24) is 8.87 Å². The highest BCUT2D eigenvalue weighted by molar-refractivity contribution is 7.89. The summed E-state index contributed by atoms with van der Waals surface area (Å²) in [6.07, 6.45) is 1.99. The van der Waals surface area contributed by atoms with E-state index >= 15 is 0 Å². The van der Waals surface area contributed by atoms with Crippen molar-refractivity contribution < 1.29 is 8.42 Å². The minimum Gasteiger partial charge on any atom is -0.379 e. The van der Waals surface area contributed by atoms with Crippen molar-refractivity contribution in [2.24, 2.45) is 7.05 Å². The molecule has 1 aromatic heterocycles. The zero-order valence-electron chi connectivity index (χ0n) is 11.9. The maximum Gasteiger partial charge on any atom is 0.242 e. The Morgan fingerprint density at radius 3 is 2.30 bits per heavy atom. The van der Waals surface area contributed by atoms with Gasteiger partial charge in [0.05, 0.1) is 11.4 Å². The monoisotopic (exact) mass is 293 g/mol. The fourth-order valence-corrected chi connectivity index (χ4v) is 2.73. The fourth-order valence-electron chi connectivity index (χ4n) is 1.83. The minimum atomic E-state index is -3.36. The van der Waals surface area contributed by atoms with Gasteiger partial charge >= 0.3 is 0 Å². The van der Waals surface area contributed by atoms with Gasteiger partial charge in [0.25, 0.3) is 0 Å². The van der Waals surface area contributed by atoms with Crippen LogP contribution in [-0.2, 0) is 23.6 Å². The summed E-state index contributed by atoms with van der Waals surface area (Å²) >= 11 is 0. The molecule has 0 radical (unpaired) electrons. The van der Waals surface area contributed by atoms with Gasteiger partial charge in [-0.15, -0.1) is 0 Å². The topological polar surface area (TPSA) is 54.3 Å². The van der Waals surface area contributed by atoms with E-state index in [9.17, 15) is 8.42 Å². The van der Waals surface area contributed by atoms with Crippen molar-refractivity contribution >= 4 is 15.7 Å². The van der Waals surface area contributed by atoms with Crippen LogP contribution in [0.4, 0.5) is 5.69 Å². The number of anilines is 1. The average molecular weight is 293 g/mol. The largest absolute Gasteiger partial charge is 0.379 e. The van der Waals surface area contributed by atoms with Crippen LogP contribution in [0.5, 0.6) is 0 Å². The smallest absolute Gasteiger partial charge is 0.242 e. The number of sulfonamides is 1. The number of hydrogen-bond acceptors (Lipinski definition) is 3. The molecule has 1 N–H and O–H groups in total. The molecule has 20 heavy (non-hydrogen) atoms. The van der Waals surface area contributed by atoms with Crippen LogP contribution in [0.3, 0.4) is 0 Å². The van der Waals surface area contributed by atoms with E-state index in [1.54, 1.807) is 24.3 Å². The zero-order valence-corrected chi connectivity index (χ0v) is 12.7. The molecule has 0 atom stereocenters. The highest BCUT2D eigenvalue weighted by Crippen LogP contribution is 2.17. The summed E-state index contributed by atoms with van der Waals surface area (Å²) < 4.78 is 27.1. The summed E-state index contributed by atoms with van der Waals surface area (Å²) in [6, 6.07) is 10.8. The minimum absolute atomic E-state index is 0.298. The normalized spacial score (nSPS) is 11.8. The quantitative estimate of drug-likeness (QED) is 0.916. The molecule has 0 aliphatic carbocycles. The summed E-state index contributed by atoms with van der Waals surface area (Å²) in [4.78, 5) is 0.298. The van der Waals surface area contributed by atoms with E-state index < -0.39 is 10.0 Å². The van der Waals surface area contributed by atoms with Gasteiger partial charge in [0.15, 0.2) is 0 Å². The van der Waals surface area contributed by atoms with E-state index in [2.05, 4.69) is 5.32 Å². The first-order valence-corrected chi connectivity index (χ1v) is 7.72. The first-order valence-electron chi connectivity index (χ1n) is 6.28. The Kier molecular flexibility index (Phi) is 4.15. The van der Waals surface area contributed by atoms with Gasteiger partial charge in [0.1, 0.15) is 0 Å². The lowest BCUT2D eigenvalue weighted by atomic mass is 10.3. The Morgan fingerprint density at radius 2 is 1.80 bits per heavy atom. The van der Waals surface area contributed by atoms with Crippen molar-refractivity contribution in [1.29, 1.82) is 0 Å². The molecule has 5 nitrogen and oxygen atoms in total. The second-order valence-electron chi connectivity index (χ2n) is 4.78. The summed E-state index contributed by atoms with van der Waals surface area (Å²) in [7, 11) is 1.68. The third kappa shape index (κ3) is 3.02. The summed E-state index contributed by atoms with van der Waals surface area (Å²) in [5, 5.41) is 3.27. The van der Waals surface area contributed by atoms with Crippen LogP contribution in [0.2, 0.25) is 0 Å². The molecule has 0 amide bonds. The lowest BCUT2D eigenvalue weighted by Crippen LogP contribution is -2.22. The molecule has 6 heteroatoms. The average Bonchev–Trinajstić information content (AvgIpc) is 2.82. The number of benzene rings is 1. The lowest BCUT2D eigenvalue weighted by Gasteiger charge is -2.12. The van der Waals surface area contributed by atoms with E-state index in [-0.39, 0.29) is 0 Å². The molecule has 0 spiro atoms. The number of aryl methyl sites for hydroxylation is 1. The summed E-state index contributed by atoms with van der Waals surface area (Å²) in [6.45, 7) is 0.698. The van der Waals surface area contributed by atoms with Gasteiger partial charge in [-0.2, -0.15) is 0 Å². The third-order valence-electron chi connectivity index (χ3n) is 3.16. The molecule has 0 saturated heterocycles. The summed E-state index contributed by atoms with van der Waals surface area (Å²) in [5.74, 6) is 0. The Bertz CT molecular complexity index is 673. The molecule has 108 valence electrons. The van der Waals surface area contributed by atoms with Crippen LogP contribution >= 0.6 is 0 Å². The Hall–Kier alpha value is -1.79. The van der Waals surface area contributed by atoms with Gasteiger partial charge in [-0.1, -0.05) is 0 Å². The van der Waals surface area contributed by atoms with Gasteiger partial charge in [0.2, 0.25) is 10.0 Å². The number of rotatable bonds is 5. The highest BCUT2D eigenvalue weighted by atomic mass is 32.2. The van der Waals surface area contributed by atoms with Crippen molar-refractivity contribution in [2.45, 2.75) is 11.4 Å². The fraction of sp³-hybridized carbons (Fsp3) is 0.286. The van der Waals surface area contributed by atoms with Crippen LogP contribution < -0.4 is 5.32 Å². The van der Waals surface area contributed by atoms with Gasteiger partial charge in [-0.05, 0) is 36.4 Å². The molecule has 2 rings (SSSR count). The Balaban J connectivity index is 2.08. The van der Waals surface area contributed by atoms with E-state index in [0.29, 0.717) is 11.4 Å². The van der Waals surface area contributed by atoms with E-state index in [0.717, 1.165) is 11.4 Å². The third-order valence-corrected chi connectivity index (χ3v) is 4.99. The van der Waals surface area contributed by atoms with E-state index in [1.165, 1.54) is 18.4 Å². The van der Waals surface area contributed by atoms with Crippen molar-refractivity contribution in [3.63, 3.8) is 0 Å². The number of aromatic nitrogens is 1. The molecule has 1 heterocycles. The molecule has 0 fully saturated rings. The second kappa shape index (κ2) is 5.68. The lowest BCUT2D eigenvalue weighted by molar-refractivity contribution is 0.521. The maximum absolute atomic E-state index is 11.9. The predicted octanol–water partition coefficient (Wildman–Crippen LogP) is 1.89. The molecule has 0 aliphatic rings. The van der Waals surface area contributed by atoms with Crippen LogP contribution in [0.15, 0.2) is 47.5 Å². The van der Waals surface area contributed by atoms with Gasteiger partial charge in [0, 0.05) is 38.7 Å². The molecule has 2 aromatic rings. The molecule has 0 saturated carbocycles. The van der Waals surface area contributed by atoms with Crippen molar-refractivity contribution in [2.75, 3.05) is 19.4 Å². The highest BCUT2D eigenvalue weighted by Gasteiger charge is 2.16. The van der Waals surface area contributed by atoms with E-state index in [1.807, 2.05) is 29.9 Å². The number of hydrogen-bond donors (Lipinski definition) is 1.